The van der Waals surface area contributed by atoms with Crippen LogP contribution in [0.1, 0.15) is 24.8 Å². The number of carbonyl (C=O) groups excluding carboxylic acids is 2. The highest BCUT2D eigenvalue weighted by molar-refractivity contribution is 6.30. The van der Waals surface area contributed by atoms with Gasteiger partial charge in [-0.05, 0) is 37.5 Å². The number of hydrogen-bond donors (Lipinski definition) is 0. The van der Waals surface area contributed by atoms with Crippen LogP contribution in [-0.2, 0) is 16.0 Å². The van der Waals surface area contributed by atoms with Crippen molar-refractivity contribution >= 4 is 23.4 Å². The van der Waals surface area contributed by atoms with E-state index in [9.17, 15) is 9.59 Å². The van der Waals surface area contributed by atoms with Crippen molar-refractivity contribution in [2.24, 2.45) is 0 Å². The molecule has 0 atom stereocenters. The average molecular weight is 394 g/mol. The highest BCUT2D eigenvalue weighted by Gasteiger charge is 2.24. The molecule has 7 heteroatoms. The summed E-state index contributed by atoms with van der Waals surface area (Å²) in [6.45, 7) is 5.19. The van der Waals surface area contributed by atoms with Gasteiger partial charge in [0.25, 0.3) is 0 Å². The topological polar surface area (TPSA) is 53.1 Å². The highest BCUT2D eigenvalue weighted by atomic mass is 35.5. The van der Waals surface area contributed by atoms with Crippen LogP contribution in [0.3, 0.4) is 0 Å². The largest absolute Gasteiger partial charge is 0.496 e. The number of nitrogens with zero attached hydrogens (tertiary/aromatic N) is 3. The van der Waals surface area contributed by atoms with Crippen molar-refractivity contribution in [2.75, 3.05) is 52.9 Å². The number of rotatable bonds is 5. The monoisotopic (exact) mass is 393 g/mol. The zero-order chi connectivity index (χ0) is 19.2. The average Bonchev–Trinajstić information content (AvgIpc) is 3.09. The van der Waals surface area contributed by atoms with Crippen molar-refractivity contribution < 1.29 is 14.3 Å². The molecule has 0 bridgehead atoms. The van der Waals surface area contributed by atoms with E-state index in [-0.39, 0.29) is 18.2 Å². The number of carbonyl (C=O) groups is 2. The maximum Gasteiger partial charge on any atom is 0.236 e. The van der Waals surface area contributed by atoms with Crippen molar-refractivity contribution in [2.45, 2.75) is 25.7 Å². The number of likely N-dealkylation sites (tertiary alicyclic amines) is 1. The minimum Gasteiger partial charge on any atom is -0.496 e. The van der Waals surface area contributed by atoms with Crippen molar-refractivity contribution in [1.29, 1.82) is 0 Å². The van der Waals surface area contributed by atoms with Crippen molar-refractivity contribution in [3.63, 3.8) is 0 Å². The third kappa shape index (κ3) is 5.36. The standard InChI is InChI=1S/C20H28ClN3O3/c1-27-18-6-5-17(21)13-16(18)14-19(25)24-10-4-7-22(11-12-24)15-20(26)23-8-2-3-9-23/h5-6,13H,2-4,7-12,14-15H2,1H3. The van der Waals surface area contributed by atoms with Crippen LogP contribution in [0.15, 0.2) is 18.2 Å². The molecule has 6 nitrogen and oxygen atoms in total. The summed E-state index contributed by atoms with van der Waals surface area (Å²) in [5, 5.41) is 0.598. The van der Waals surface area contributed by atoms with Gasteiger partial charge in [-0.2, -0.15) is 0 Å². The van der Waals surface area contributed by atoms with Crippen LogP contribution in [0.4, 0.5) is 0 Å². The molecule has 2 aliphatic rings. The first kappa shape index (κ1) is 20.0. The molecule has 2 aliphatic heterocycles. The Bertz CT molecular complexity index is 676. The molecule has 0 saturated carbocycles. The molecular formula is C20H28ClN3O3. The molecule has 3 rings (SSSR count). The summed E-state index contributed by atoms with van der Waals surface area (Å²) < 4.78 is 5.34. The van der Waals surface area contributed by atoms with Gasteiger partial charge in [0, 0.05) is 49.9 Å². The summed E-state index contributed by atoms with van der Waals surface area (Å²) in [5.41, 5.74) is 0.806. The maximum absolute atomic E-state index is 12.8. The fourth-order valence-electron chi connectivity index (χ4n) is 3.80. The first-order valence-electron chi connectivity index (χ1n) is 9.67. The Morgan fingerprint density at radius 2 is 1.67 bits per heavy atom. The lowest BCUT2D eigenvalue weighted by molar-refractivity contribution is -0.131. The van der Waals surface area contributed by atoms with E-state index in [0.717, 1.165) is 57.5 Å². The number of methoxy groups -OCH3 is 1. The predicted octanol–water partition coefficient (Wildman–Crippen LogP) is 2.05. The second kappa shape index (κ2) is 9.42. The zero-order valence-electron chi connectivity index (χ0n) is 16.0. The molecule has 2 heterocycles. The fraction of sp³-hybridized carbons (Fsp3) is 0.600. The molecular weight excluding hydrogens is 366 g/mol. The van der Waals surface area contributed by atoms with Crippen LogP contribution in [0.5, 0.6) is 5.75 Å². The van der Waals surface area contributed by atoms with E-state index in [1.165, 1.54) is 0 Å². The van der Waals surface area contributed by atoms with Gasteiger partial charge in [0.2, 0.25) is 11.8 Å². The molecule has 0 unspecified atom stereocenters. The lowest BCUT2D eigenvalue weighted by Gasteiger charge is -2.24. The van der Waals surface area contributed by atoms with Gasteiger partial charge in [-0.3, -0.25) is 14.5 Å². The fourth-order valence-corrected chi connectivity index (χ4v) is 3.99. The van der Waals surface area contributed by atoms with Crippen LogP contribution in [0.2, 0.25) is 5.02 Å². The van der Waals surface area contributed by atoms with Gasteiger partial charge >= 0.3 is 0 Å². The third-order valence-corrected chi connectivity index (χ3v) is 5.58. The Morgan fingerprint density at radius 1 is 0.963 bits per heavy atom. The molecule has 2 amide bonds. The molecule has 148 valence electrons. The normalized spacial score (nSPS) is 18.4. The summed E-state index contributed by atoms with van der Waals surface area (Å²) >= 11 is 6.07. The summed E-state index contributed by atoms with van der Waals surface area (Å²) in [4.78, 5) is 31.2. The van der Waals surface area contributed by atoms with Crippen LogP contribution in [0.25, 0.3) is 0 Å². The summed E-state index contributed by atoms with van der Waals surface area (Å²) in [7, 11) is 1.60. The Balaban J connectivity index is 1.53. The minimum absolute atomic E-state index is 0.0725. The second-order valence-electron chi connectivity index (χ2n) is 7.23. The Hall–Kier alpha value is -1.79. The Labute approximate surface area is 166 Å². The third-order valence-electron chi connectivity index (χ3n) is 5.34. The number of ether oxygens (including phenoxy) is 1. The first-order valence-corrected chi connectivity index (χ1v) is 10.0. The summed E-state index contributed by atoms with van der Waals surface area (Å²) in [6.07, 6.45) is 3.38. The molecule has 2 saturated heterocycles. The van der Waals surface area contributed by atoms with Gasteiger partial charge in [-0.15, -0.1) is 0 Å². The van der Waals surface area contributed by atoms with E-state index in [4.69, 9.17) is 16.3 Å². The molecule has 1 aromatic rings. The van der Waals surface area contributed by atoms with E-state index in [2.05, 4.69) is 4.90 Å². The van der Waals surface area contributed by atoms with Crippen LogP contribution in [-0.4, -0.2) is 79.4 Å². The molecule has 0 radical (unpaired) electrons. The van der Waals surface area contributed by atoms with E-state index in [0.29, 0.717) is 23.9 Å². The van der Waals surface area contributed by atoms with E-state index in [1.807, 2.05) is 9.80 Å². The molecule has 0 aromatic heterocycles. The molecule has 2 fully saturated rings. The van der Waals surface area contributed by atoms with Crippen LogP contribution in [0, 0.1) is 0 Å². The van der Waals surface area contributed by atoms with E-state index in [1.54, 1.807) is 25.3 Å². The van der Waals surface area contributed by atoms with Crippen LogP contribution >= 0.6 is 11.6 Å². The molecule has 0 spiro atoms. The van der Waals surface area contributed by atoms with Gasteiger partial charge in [0.1, 0.15) is 5.75 Å². The SMILES string of the molecule is COc1ccc(Cl)cc1CC(=O)N1CCCN(CC(=O)N2CCCC2)CC1. The van der Waals surface area contributed by atoms with Gasteiger partial charge in [-0.1, -0.05) is 11.6 Å². The Kier molecular flexibility index (Phi) is 6.96. The van der Waals surface area contributed by atoms with Crippen molar-refractivity contribution in [3.05, 3.63) is 28.8 Å². The van der Waals surface area contributed by atoms with Gasteiger partial charge in [0.15, 0.2) is 0 Å². The molecule has 27 heavy (non-hydrogen) atoms. The predicted molar refractivity (Wildman–Crippen MR) is 105 cm³/mol. The number of benzene rings is 1. The van der Waals surface area contributed by atoms with E-state index < -0.39 is 0 Å². The van der Waals surface area contributed by atoms with E-state index >= 15 is 0 Å². The van der Waals surface area contributed by atoms with Gasteiger partial charge in [-0.25, -0.2) is 0 Å². The lowest BCUT2D eigenvalue weighted by atomic mass is 10.1. The molecule has 0 N–H and O–H groups in total. The van der Waals surface area contributed by atoms with Crippen molar-refractivity contribution in [1.82, 2.24) is 14.7 Å². The maximum atomic E-state index is 12.8. The molecule has 0 aliphatic carbocycles. The summed E-state index contributed by atoms with van der Waals surface area (Å²) in [6, 6.07) is 5.34. The number of hydrogen-bond acceptors (Lipinski definition) is 4. The van der Waals surface area contributed by atoms with Gasteiger partial charge in [0.05, 0.1) is 20.1 Å². The number of amides is 2. The van der Waals surface area contributed by atoms with Crippen LogP contribution < -0.4 is 4.74 Å². The highest BCUT2D eigenvalue weighted by Crippen LogP contribution is 2.23. The quantitative estimate of drug-likeness (QED) is 0.768. The second-order valence-corrected chi connectivity index (χ2v) is 7.67. The zero-order valence-corrected chi connectivity index (χ0v) is 16.7. The molecule has 1 aromatic carbocycles. The number of halogens is 1. The lowest BCUT2D eigenvalue weighted by Crippen LogP contribution is -2.41. The van der Waals surface area contributed by atoms with Gasteiger partial charge < -0.3 is 14.5 Å². The van der Waals surface area contributed by atoms with Crippen molar-refractivity contribution in [3.8, 4) is 5.75 Å². The Morgan fingerprint density at radius 3 is 2.41 bits per heavy atom. The minimum atomic E-state index is 0.0725. The smallest absolute Gasteiger partial charge is 0.236 e. The summed E-state index contributed by atoms with van der Waals surface area (Å²) in [5.74, 6) is 0.972. The first-order chi connectivity index (χ1) is 13.1.